The molecule has 1 aliphatic heterocycles. The Morgan fingerprint density at radius 1 is 1.04 bits per heavy atom. The van der Waals surface area contributed by atoms with Gasteiger partial charge in [-0.25, -0.2) is 4.79 Å². The minimum Gasteiger partial charge on any atom is -0.444 e. The molecule has 0 aromatic heterocycles. The number of carbonyl (C=O) groups excluding carboxylic acids is 2. The number of hydrogen-bond donors (Lipinski definition) is 1. The van der Waals surface area contributed by atoms with E-state index in [0.29, 0.717) is 18.7 Å². The summed E-state index contributed by atoms with van der Waals surface area (Å²) in [5.74, 6) is -0.0579. The van der Waals surface area contributed by atoms with E-state index in [9.17, 15) is 9.59 Å². The molecule has 1 aliphatic rings. The highest BCUT2D eigenvalue weighted by molar-refractivity contribution is 6.07. The number of amides is 2. The number of nitrogens with one attached hydrogen (secondary N) is 1. The average Bonchev–Trinajstić information content (AvgIpc) is 2.60. The van der Waals surface area contributed by atoms with Gasteiger partial charge < -0.3 is 15.0 Å². The molecule has 2 aromatic rings. The third-order valence-electron chi connectivity index (χ3n) is 4.52. The Bertz CT molecular complexity index is 797. The van der Waals surface area contributed by atoms with Crippen LogP contribution in [0.3, 0.4) is 0 Å². The molecular weight excluding hydrogens is 328 g/mol. The zero-order chi connectivity index (χ0) is 18.7. The lowest BCUT2D eigenvalue weighted by Crippen LogP contribution is -2.47. The van der Waals surface area contributed by atoms with E-state index < -0.39 is 5.60 Å². The summed E-state index contributed by atoms with van der Waals surface area (Å²) in [6.07, 6.45) is 1.18. The van der Waals surface area contributed by atoms with Crippen LogP contribution in [-0.2, 0) is 4.74 Å². The van der Waals surface area contributed by atoms with E-state index >= 15 is 0 Å². The SMILES string of the molecule is CC(C)(C)OC(=O)N1CCC(NC(=O)c2cccc3ccccc23)CC1. The number of piperidine rings is 1. The summed E-state index contributed by atoms with van der Waals surface area (Å²) in [5, 5.41) is 5.13. The molecule has 0 radical (unpaired) electrons. The van der Waals surface area contributed by atoms with Gasteiger partial charge in [0.1, 0.15) is 5.60 Å². The fourth-order valence-corrected chi connectivity index (χ4v) is 3.22. The van der Waals surface area contributed by atoms with Gasteiger partial charge in [-0.15, -0.1) is 0 Å². The zero-order valence-corrected chi connectivity index (χ0v) is 15.6. The highest BCUT2D eigenvalue weighted by Crippen LogP contribution is 2.20. The van der Waals surface area contributed by atoms with Gasteiger partial charge in [-0.3, -0.25) is 4.79 Å². The van der Waals surface area contributed by atoms with E-state index in [4.69, 9.17) is 4.74 Å². The van der Waals surface area contributed by atoms with Gasteiger partial charge in [-0.05, 0) is 50.5 Å². The lowest BCUT2D eigenvalue weighted by atomic mass is 10.0. The minimum absolute atomic E-state index is 0.0579. The molecule has 0 saturated carbocycles. The molecule has 0 aliphatic carbocycles. The van der Waals surface area contributed by atoms with E-state index in [2.05, 4.69) is 5.32 Å². The van der Waals surface area contributed by atoms with Gasteiger partial charge in [-0.1, -0.05) is 36.4 Å². The first kappa shape index (κ1) is 18.2. The van der Waals surface area contributed by atoms with E-state index in [0.717, 1.165) is 23.6 Å². The maximum absolute atomic E-state index is 12.7. The van der Waals surface area contributed by atoms with E-state index in [1.807, 2.05) is 63.2 Å². The molecule has 5 heteroatoms. The molecule has 138 valence electrons. The molecule has 0 bridgehead atoms. The van der Waals surface area contributed by atoms with E-state index in [1.165, 1.54) is 0 Å². The molecule has 26 heavy (non-hydrogen) atoms. The van der Waals surface area contributed by atoms with Crippen LogP contribution in [0.2, 0.25) is 0 Å². The normalized spacial score (nSPS) is 15.7. The van der Waals surface area contributed by atoms with Crippen molar-refractivity contribution in [1.82, 2.24) is 10.2 Å². The lowest BCUT2D eigenvalue weighted by molar-refractivity contribution is 0.0199. The number of rotatable bonds is 2. The van der Waals surface area contributed by atoms with Crippen molar-refractivity contribution in [3.63, 3.8) is 0 Å². The van der Waals surface area contributed by atoms with Crippen LogP contribution in [0.4, 0.5) is 4.79 Å². The van der Waals surface area contributed by atoms with Crippen LogP contribution in [0.15, 0.2) is 42.5 Å². The molecule has 1 saturated heterocycles. The van der Waals surface area contributed by atoms with Crippen molar-refractivity contribution in [3.05, 3.63) is 48.0 Å². The molecule has 2 amide bonds. The Morgan fingerprint density at radius 2 is 1.69 bits per heavy atom. The molecule has 2 aromatic carbocycles. The van der Waals surface area contributed by atoms with Crippen molar-refractivity contribution in [2.24, 2.45) is 0 Å². The van der Waals surface area contributed by atoms with Crippen LogP contribution in [0.1, 0.15) is 44.0 Å². The Labute approximate surface area is 154 Å². The molecule has 5 nitrogen and oxygen atoms in total. The third kappa shape index (κ3) is 4.34. The summed E-state index contributed by atoms with van der Waals surface area (Å²) in [6, 6.07) is 13.7. The Hall–Kier alpha value is -2.56. The monoisotopic (exact) mass is 354 g/mol. The van der Waals surface area contributed by atoms with Crippen molar-refractivity contribution in [2.75, 3.05) is 13.1 Å². The summed E-state index contributed by atoms with van der Waals surface area (Å²) in [7, 11) is 0. The minimum atomic E-state index is -0.490. The predicted octanol–water partition coefficient (Wildman–Crippen LogP) is 3.97. The molecule has 3 rings (SSSR count). The Balaban J connectivity index is 1.59. The molecule has 1 fully saturated rings. The van der Waals surface area contributed by atoms with Crippen molar-refractivity contribution >= 4 is 22.8 Å². The smallest absolute Gasteiger partial charge is 0.410 e. The van der Waals surface area contributed by atoms with Gasteiger partial charge >= 0.3 is 6.09 Å². The van der Waals surface area contributed by atoms with Crippen molar-refractivity contribution in [3.8, 4) is 0 Å². The largest absolute Gasteiger partial charge is 0.444 e. The average molecular weight is 354 g/mol. The maximum Gasteiger partial charge on any atom is 0.410 e. The number of hydrogen-bond acceptors (Lipinski definition) is 3. The van der Waals surface area contributed by atoms with E-state index in [1.54, 1.807) is 4.90 Å². The number of benzene rings is 2. The summed E-state index contributed by atoms with van der Waals surface area (Å²) in [5.41, 5.74) is 0.203. The first-order chi connectivity index (χ1) is 12.3. The molecule has 0 atom stereocenters. The molecular formula is C21H26N2O3. The van der Waals surface area contributed by atoms with Crippen LogP contribution < -0.4 is 5.32 Å². The Morgan fingerprint density at radius 3 is 2.38 bits per heavy atom. The number of carbonyl (C=O) groups is 2. The third-order valence-corrected chi connectivity index (χ3v) is 4.52. The fourth-order valence-electron chi connectivity index (χ4n) is 3.22. The number of fused-ring (bicyclic) bond motifs is 1. The molecule has 0 unspecified atom stereocenters. The van der Waals surface area contributed by atoms with Crippen LogP contribution >= 0.6 is 0 Å². The topological polar surface area (TPSA) is 58.6 Å². The van der Waals surface area contributed by atoms with Crippen LogP contribution in [0.25, 0.3) is 10.8 Å². The van der Waals surface area contributed by atoms with Gasteiger partial charge in [0.15, 0.2) is 0 Å². The highest BCUT2D eigenvalue weighted by Gasteiger charge is 2.27. The van der Waals surface area contributed by atoms with Crippen molar-refractivity contribution in [2.45, 2.75) is 45.3 Å². The summed E-state index contributed by atoms with van der Waals surface area (Å²) in [4.78, 5) is 26.6. The van der Waals surface area contributed by atoms with Gasteiger partial charge in [0.25, 0.3) is 5.91 Å². The fraction of sp³-hybridized carbons (Fsp3) is 0.429. The number of ether oxygens (including phenoxy) is 1. The van der Waals surface area contributed by atoms with E-state index in [-0.39, 0.29) is 18.0 Å². The van der Waals surface area contributed by atoms with Crippen LogP contribution in [0.5, 0.6) is 0 Å². The predicted molar refractivity (Wildman–Crippen MR) is 102 cm³/mol. The van der Waals surface area contributed by atoms with Crippen LogP contribution in [-0.4, -0.2) is 41.6 Å². The molecule has 0 spiro atoms. The quantitative estimate of drug-likeness (QED) is 0.888. The van der Waals surface area contributed by atoms with Crippen LogP contribution in [0, 0.1) is 0 Å². The second-order valence-corrected chi connectivity index (χ2v) is 7.74. The highest BCUT2D eigenvalue weighted by atomic mass is 16.6. The number of likely N-dealkylation sites (tertiary alicyclic amines) is 1. The second-order valence-electron chi connectivity index (χ2n) is 7.74. The van der Waals surface area contributed by atoms with Gasteiger partial charge in [0, 0.05) is 24.7 Å². The second kappa shape index (κ2) is 7.36. The first-order valence-electron chi connectivity index (χ1n) is 9.10. The Kier molecular flexibility index (Phi) is 5.16. The van der Waals surface area contributed by atoms with Gasteiger partial charge in [-0.2, -0.15) is 0 Å². The van der Waals surface area contributed by atoms with Gasteiger partial charge in [0.2, 0.25) is 0 Å². The van der Waals surface area contributed by atoms with Gasteiger partial charge in [0.05, 0.1) is 0 Å². The summed E-state index contributed by atoms with van der Waals surface area (Å²) < 4.78 is 5.41. The van der Waals surface area contributed by atoms with Crippen molar-refractivity contribution in [1.29, 1.82) is 0 Å². The number of nitrogens with zero attached hydrogens (tertiary/aromatic N) is 1. The first-order valence-corrected chi connectivity index (χ1v) is 9.10. The van der Waals surface area contributed by atoms with Crippen molar-refractivity contribution < 1.29 is 14.3 Å². The summed E-state index contributed by atoms with van der Waals surface area (Å²) in [6.45, 7) is 6.77. The summed E-state index contributed by atoms with van der Waals surface area (Å²) >= 11 is 0. The lowest BCUT2D eigenvalue weighted by Gasteiger charge is -2.33. The molecule has 1 heterocycles. The maximum atomic E-state index is 12.7. The zero-order valence-electron chi connectivity index (χ0n) is 15.6. The molecule has 1 N–H and O–H groups in total. The standard InChI is InChI=1S/C21H26N2O3/c1-21(2,3)26-20(25)23-13-11-16(12-14-23)22-19(24)18-10-6-8-15-7-4-5-9-17(15)18/h4-10,16H,11-14H2,1-3H3,(H,22,24).